The average Bonchev–Trinajstić information content (AvgIpc) is 3.70. The number of nitrogens with zero attached hydrogens (tertiary/aromatic N) is 2. The molecule has 11 atom stereocenters. The van der Waals surface area contributed by atoms with Gasteiger partial charge < -0.3 is 52.3 Å². The Morgan fingerprint density at radius 3 is 1.42 bits per heavy atom. The Morgan fingerprint density at radius 1 is 0.581 bits per heavy atom. The van der Waals surface area contributed by atoms with Crippen molar-refractivity contribution in [3.05, 3.63) is 71.8 Å². The fourth-order valence-electron chi connectivity index (χ4n) is 11.3. The SMILES string of the molecule is CN[C@@H](C)C(=S)N[C@H]1CCS[C@H]2CC(C)(C)[C@@H](C(=O)N[C@@H](C(=O)N[C@H]3CC[C@H](NC(=O)[C@@H](NC(=O)[C@H]4N5C(=O)[C@H](NC(=S)[C@H](C)NC)CCS[C@H]5CC4(C)C)C(C)c4ccccc4)CC3)c3ccccc3)N2C1=O. The van der Waals surface area contributed by atoms with E-state index in [4.69, 9.17) is 24.4 Å². The van der Waals surface area contributed by atoms with Gasteiger partial charge in [-0.2, -0.15) is 0 Å². The lowest BCUT2D eigenvalue weighted by Gasteiger charge is -2.37. The van der Waals surface area contributed by atoms with Crippen molar-refractivity contribution < 1.29 is 28.8 Å². The summed E-state index contributed by atoms with van der Waals surface area (Å²) in [6, 6.07) is 13.2. The first-order valence-electron chi connectivity index (χ1n) is 26.3. The summed E-state index contributed by atoms with van der Waals surface area (Å²) in [5.74, 6) is -0.749. The Morgan fingerprint density at radius 2 is 0.986 bits per heavy atom. The maximum atomic E-state index is 14.8. The van der Waals surface area contributed by atoms with Crippen LogP contribution in [0.25, 0.3) is 0 Å². The van der Waals surface area contributed by atoms with E-state index in [2.05, 4.69) is 42.5 Å². The van der Waals surface area contributed by atoms with E-state index in [-0.39, 0.29) is 64.5 Å². The van der Waals surface area contributed by atoms with Crippen LogP contribution in [0.5, 0.6) is 0 Å². The number of thiocarbonyl (C=S) groups is 2. The Labute approximate surface area is 457 Å². The zero-order valence-electron chi connectivity index (χ0n) is 44.3. The van der Waals surface area contributed by atoms with E-state index in [0.29, 0.717) is 66.9 Å². The van der Waals surface area contributed by atoms with Crippen molar-refractivity contribution in [1.82, 2.24) is 52.3 Å². The van der Waals surface area contributed by atoms with Crippen LogP contribution in [-0.4, -0.2) is 146 Å². The third-order valence-corrected chi connectivity index (χ3v) is 19.3. The predicted molar refractivity (Wildman–Crippen MR) is 302 cm³/mol. The van der Waals surface area contributed by atoms with Gasteiger partial charge in [-0.15, -0.1) is 23.5 Å². The van der Waals surface area contributed by atoms with Gasteiger partial charge in [-0.1, -0.05) is 120 Å². The number of fused-ring (bicyclic) bond motifs is 2. The first-order chi connectivity index (χ1) is 35.1. The molecule has 4 aliphatic heterocycles. The van der Waals surface area contributed by atoms with E-state index < -0.39 is 58.9 Å². The molecule has 5 fully saturated rings. The van der Waals surface area contributed by atoms with E-state index in [1.54, 1.807) is 33.3 Å². The van der Waals surface area contributed by atoms with E-state index in [1.807, 2.05) is 123 Å². The number of likely N-dealkylation sites (N-methyl/N-ethyl adjacent to an activating group) is 2. The maximum Gasteiger partial charge on any atom is 0.247 e. The van der Waals surface area contributed by atoms with Crippen molar-refractivity contribution in [2.45, 2.75) is 177 Å². The summed E-state index contributed by atoms with van der Waals surface area (Å²) >= 11 is 14.6. The van der Waals surface area contributed by atoms with E-state index in [1.165, 1.54) is 0 Å². The average molecular weight is 1090 g/mol. The lowest BCUT2D eigenvalue weighted by Crippen LogP contribution is -2.61. The molecule has 16 nitrogen and oxygen atoms in total. The second-order valence-corrected chi connectivity index (χ2v) is 25.6. The molecule has 20 heteroatoms. The molecule has 5 aliphatic rings. The van der Waals surface area contributed by atoms with E-state index >= 15 is 0 Å². The van der Waals surface area contributed by atoms with Crippen molar-refractivity contribution >= 4 is 93.4 Å². The van der Waals surface area contributed by atoms with Gasteiger partial charge in [-0.25, -0.2) is 0 Å². The second-order valence-electron chi connectivity index (χ2n) is 22.2. The van der Waals surface area contributed by atoms with Gasteiger partial charge in [0.2, 0.25) is 35.4 Å². The quantitative estimate of drug-likeness (QED) is 0.102. The highest BCUT2D eigenvalue weighted by Crippen LogP contribution is 2.48. The fourth-order valence-corrected chi connectivity index (χ4v) is 15.0. The number of carbonyl (C=O) groups is 6. The minimum Gasteiger partial charge on any atom is -0.367 e. The molecule has 7 rings (SSSR count). The van der Waals surface area contributed by atoms with Crippen LogP contribution < -0.4 is 42.5 Å². The monoisotopic (exact) mass is 1090 g/mol. The summed E-state index contributed by atoms with van der Waals surface area (Å²) in [7, 11) is 3.62. The van der Waals surface area contributed by atoms with Gasteiger partial charge in [-0.05, 0) is 113 Å². The number of rotatable bonds is 17. The van der Waals surface area contributed by atoms with Crippen molar-refractivity contribution in [1.29, 1.82) is 0 Å². The normalized spacial score (nSPS) is 28.3. The van der Waals surface area contributed by atoms with Crippen molar-refractivity contribution in [3.63, 3.8) is 0 Å². The smallest absolute Gasteiger partial charge is 0.247 e. The van der Waals surface area contributed by atoms with Gasteiger partial charge in [0.05, 0.1) is 32.8 Å². The summed E-state index contributed by atoms with van der Waals surface area (Å²) in [5.41, 5.74) is 0.337. The molecule has 0 aromatic heterocycles. The number of nitrogens with one attached hydrogen (secondary N) is 8. The number of thioether (sulfide) groups is 2. The van der Waals surface area contributed by atoms with Gasteiger partial charge in [-0.3, -0.25) is 28.8 Å². The lowest BCUT2D eigenvalue weighted by molar-refractivity contribution is -0.143. The molecule has 4 heterocycles. The molecule has 4 saturated heterocycles. The number of amides is 6. The zero-order chi connectivity index (χ0) is 53.6. The summed E-state index contributed by atoms with van der Waals surface area (Å²) in [5, 5.41) is 25.1. The number of benzene rings is 2. The standard InChI is InChI=1S/C54H78N10O6S4/c1-30(33-16-12-10-13-17-33)41(61-47(67)43-53(4,5)28-39-63(43)51(69)37(24-26-73-39)59-49(71)31(2)55-8)45(65)57-35-20-22-36(23-21-35)58-46(66)42(34-18-14-11-15-19-34)62-48(68)44-54(6,7)29-40-64(44)52(70)38(25-27-74-40)60-50(72)32(3)56-9/h10-19,30-32,35-44,55-56H,20-29H2,1-9H3,(H,57,65)(H,58,66)(H,59,71)(H,60,72)(H,61,67)(H,62,68)/t30?,31-,32-,35-,36-,37+,38-,39-,40-,41-,42+,43+,44+/m0/s1. The molecule has 6 amide bonds. The minimum atomic E-state index is -1.03. The lowest BCUT2D eigenvalue weighted by atomic mass is 9.83. The Hall–Kier alpha value is -4.34. The summed E-state index contributed by atoms with van der Waals surface area (Å²) in [6.45, 7) is 13.8. The molecule has 8 N–H and O–H groups in total. The van der Waals surface area contributed by atoms with E-state index in [9.17, 15) is 28.8 Å². The molecule has 0 radical (unpaired) electrons. The van der Waals surface area contributed by atoms with Crippen LogP contribution in [0, 0.1) is 10.8 Å². The van der Waals surface area contributed by atoms with Crippen LogP contribution >= 0.6 is 48.0 Å². The number of carbonyl (C=O) groups excluding carboxylic acids is 6. The van der Waals surface area contributed by atoms with Crippen LogP contribution in [0.3, 0.4) is 0 Å². The number of hydrogen-bond donors (Lipinski definition) is 8. The molecule has 1 unspecified atom stereocenters. The predicted octanol–water partition coefficient (Wildman–Crippen LogP) is 4.64. The fraction of sp³-hybridized carbons (Fsp3) is 0.630. The third kappa shape index (κ3) is 13.1. The first-order valence-corrected chi connectivity index (χ1v) is 29.2. The second kappa shape index (κ2) is 24.8. The van der Waals surface area contributed by atoms with Crippen molar-refractivity contribution in [2.24, 2.45) is 10.8 Å². The maximum absolute atomic E-state index is 14.8. The topological polar surface area (TPSA) is 205 Å². The van der Waals surface area contributed by atoms with Crippen LogP contribution in [0.4, 0.5) is 0 Å². The highest BCUT2D eigenvalue weighted by molar-refractivity contribution is 8.00. The molecule has 0 spiro atoms. The van der Waals surface area contributed by atoms with Crippen LogP contribution in [0.2, 0.25) is 0 Å². The summed E-state index contributed by atoms with van der Waals surface area (Å²) < 4.78 is 0. The molecule has 1 saturated carbocycles. The molecular weight excluding hydrogens is 1010 g/mol. The zero-order valence-corrected chi connectivity index (χ0v) is 47.6. The molecule has 0 bridgehead atoms. The molecule has 404 valence electrons. The molecule has 2 aromatic carbocycles. The molecular formula is C54H78N10O6S4. The summed E-state index contributed by atoms with van der Waals surface area (Å²) in [6.07, 6.45) is 4.64. The Kier molecular flexibility index (Phi) is 19.2. The van der Waals surface area contributed by atoms with Crippen LogP contribution in [0.15, 0.2) is 60.7 Å². The van der Waals surface area contributed by atoms with Crippen molar-refractivity contribution in [3.8, 4) is 0 Å². The number of hydrogen-bond acceptors (Lipinski definition) is 12. The highest BCUT2D eigenvalue weighted by Gasteiger charge is 2.56. The van der Waals surface area contributed by atoms with Crippen LogP contribution in [0.1, 0.15) is 123 Å². The molecule has 74 heavy (non-hydrogen) atoms. The van der Waals surface area contributed by atoms with Gasteiger partial charge in [0, 0.05) is 18.0 Å². The van der Waals surface area contributed by atoms with Gasteiger partial charge in [0.15, 0.2) is 0 Å². The van der Waals surface area contributed by atoms with E-state index in [0.717, 1.165) is 17.1 Å². The largest absolute Gasteiger partial charge is 0.367 e. The van der Waals surface area contributed by atoms with Crippen molar-refractivity contribution in [2.75, 3.05) is 25.6 Å². The summed E-state index contributed by atoms with van der Waals surface area (Å²) in [4.78, 5) is 91.8. The third-order valence-electron chi connectivity index (χ3n) is 15.9. The van der Waals surface area contributed by atoms with Gasteiger partial charge >= 0.3 is 0 Å². The minimum absolute atomic E-state index is 0.134. The highest BCUT2D eigenvalue weighted by atomic mass is 32.2. The van der Waals surface area contributed by atoms with Gasteiger partial charge in [0.1, 0.15) is 36.3 Å². The Balaban J connectivity index is 1.02. The molecule has 1 aliphatic carbocycles. The first kappa shape index (κ1) is 57.4. The van der Waals surface area contributed by atoms with Crippen LogP contribution in [-0.2, 0) is 28.8 Å². The Bertz CT molecular complexity index is 2370. The van der Waals surface area contributed by atoms with Gasteiger partial charge in [0.25, 0.3) is 0 Å². The molecule has 2 aromatic rings.